The molecule has 1 heterocycles. The van der Waals surface area contributed by atoms with E-state index in [1.165, 1.54) is 7.11 Å². The van der Waals surface area contributed by atoms with Gasteiger partial charge in [-0.25, -0.2) is 4.79 Å². The van der Waals surface area contributed by atoms with Crippen LogP contribution in [0.5, 0.6) is 5.75 Å². The Morgan fingerprint density at radius 2 is 2.10 bits per heavy atom. The summed E-state index contributed by atoms with van der Waals surface area (Å²) in [6.07, 6.45) is 1.77. The molecule has 0 spiro atoms. The van der Waals surface area contributed by atoms with Crippen LogP contribution in [-0.2, 0) is 13.1 Å². The zero-order valence-electron chi connectivity index (χ0n) is 12.1. The summed E-state index contributed by atoms with van der Waals surface area (Å²) in [7, 11) is 3.47. The number of aromatic carboxylic acids is 1. The highest BCUT2D eigenvalue weighted by Gasteiger charge is 2.12. The normalized spacial score (nSPS) is 10.6. The molecule has 0 unspecified atom stereocenters. The third-order valence-corrected chi connectivity index (χ3v) is 3.11. The van der Waals surface area contributed by atoms with Gasteiger partial charge in [0.15, 0.2) is 0 Å². The summed E-state index contributed by atoms with van der Waals surface area (Å²) < 4.78 is 5.14. The second kappa shape index (κ2) is 6.85. The number of rotatable bonds is 6. The van der Waals surface area contributed by atoms with E-state index in [-0.39, 0.29) is 5.56 Å². The maximum atomic E-state index is 11.1. The standard InChI is InChI=1S/C16H18N2O3/c1-18(11-13-5-3-4-8-17-13)10-12-6-7-14(16(19)20)15(9-12)21-2/h3-9H,10-11H2,1-2H3,(H,19,20). The van der Waals surface area contributed by atoms with Crippen molar-refractivity contribution in [3.63, 3.8) is 0 Å². The first-order valence-electron chi connectivity index (χ1n) is 6.59. The minimum absolute atomic E-state index is 0.175. The molecule has 0 radical (unpaired) electrons. The molecule has 1 N–H and O–H groups in total. The van der Waals surface area contributed by atoms with Crippen LogP contribution in [0.3, 0.4) is 0 Å². The molecule has 2 rings (SSSR count). The molecule has 1 aromatic carbocycles. The van der Waals surface area contributed by atoms with Crippen LogP contribution in [0.4, 0.5) is 0 Å². The van der Waals surface area contributed by atoms with E-state index in [1.54, 1.807) is 24.4 Å². The Morgan fingerprint density at radius 1 is 1.29 bits per heavy atom. The molecule has 110 valence electrons. The van der Waals surface area contributed by atoms with Gasteiger partial charge in [0.05, 0.1) is 12.8 Å². The van der Waals surface area contributed by atoms with E-state index in [9.17, 15) is 4.79 Å². The van der Waals surface area contributed by atoms with Gasteiger partial charge in [0, 0.05) is 19.3 Å². The lowest BCUT2D eigenvalue weighted by Crippen LogP contribution is -2.18. The lowest BCUT2D eigenvalue weighted by Gasteiger charge is -2.17. The van der Waals surface area contributed by atoms with Crippen molar-refractivity contribution in [1.29, 1.82) is 0 Å². The van der Waals surface area contributed by atoms with Gasteiger partial charge in [-0.05, 0) is 36.9 Å². The first-order valence-corrected chi connectivity index (χ1v) is 6.59. The molecular weight excluding hydrogens is 268 g/mol. The molecule has 0 amide bonds. The maximum absolute atomic E-state index is 11.1. The smallest absolute Gasteiger partial charge is 0.339 e. The second-order valence-corrected chi connectivity index (χ2v) is 4.83. The molecule has 21 heavy (non-hydrogen) atoms. The van der Waals surface area contributed by atoms with Crippen LogP contribution in [0, 0.1) is 0 Å². The highest BCUT2D eigenvalue weighted by atomic mass is 16.5. The van der Waals surface area contributed by atoms with Crippen molar-refractivity contribution in [2.24, 2.45) is 0 Å². The molecular formula is C16H18N2O3. The van der Waals surface area contributed by atoms with Crippen LogP contribution in [-0.4, -0.2) is 35.1 Å². The van der Waals surface area contributed by atoms with Gasteiger partial charge in [-0.2, -0.15) is 0 Å². The molecule has 0 fully saturated rings. The predicted molar refractivity (Wildman–Crippen MR) is 79.4 cm³/mol. The van der Waals surface area contributed by atoms with Crippen molar-refractivity contribution in [2.75, 3.05) is 14.2 Å². The van der Waals surface area contributed by atoms with Crippen LogP contribution >= 0.6 is 0 Å². The number of ether oxygens (including phenoxy) is 1. The number of methoxy groups -OCH3 is 1. The SMILES string of the molecule is COc1cc(CN(C)Cc2ccccn2)ccc1C(=O)O. The number of carboxylic acid groups (broad SMARTS) is 1. The average Bonchev–Trinajstić information content (AvgIpc) is 2.47. The van der Waals surface area contributed by atoms with E-state index in [1.807, 2.05) is 25.2 Å². The van der Waals surface area contributed by atoms with Gasteiger partial charge in [0.2, 0.25) is 0 Å². The summed E-state index contributed by atoms with van der Waals surface area (Å²) in [6, 6.07) is 11.0. The minimum Gasteiger partial charge on any atom is -0.496 e. The number of benzene rings is 1. The van der Waals surface area contributed by atoms with Crippen LogP contribution in [0.2, 0.25) is 0 Å². The summed E-state index contributed by atoms with van der Waals surface area (Å²) in [5, 5.41) is 9.07. The Labute approximate surface area is 123 Å². The van der Waals surface area contributed by atoms with Gasteiger partial charge in [-0.15, -0.1) is 0 Å². The molecule has 0 aliphatic heterocycles. The first kappa shape index (κ1) is 15.0. The van der Waals surface area contributed by atoms with E-state index in [2.05, 4.69) is 9.88 Å². The lowest BCUT2D eigenvalue weighted by atomic mass is 10.1. The number of hydrogen-bond acceptors (Lipinski definition) is 4. The van der Waals surface area contributed by atoms with E-state index in [0.717, 1.165) is 17.8 Å². The third kappa shape index (κ3) is 4.03. The Kier molecular flexibility index (Phi) is 4.90. The topological polar surface area (TPSA) is 62.7 Å². The monoisotopic (exact) mass is 286 g/mol. The molecule has 5 heteroatoms. The molecule has 0 saturated heterocycles. The van der Waals surface area contributed by atoms with Gasteiger partial charge in [-0.3, -0.25) is 9.88 Å². The summed E-state index contributed by atoms with van der Waals surface area (Å²) in [6.45, 7) is 1.41. The Bertz CT molecular complexity index is 614. The molecule has 0 bridgehead atoms. The van der Waals surface area contributed by atoms with Crippen molar-refractivity contribution < 1.29 is 14.6 Å². The van der Waals surface area contributed by atoms with Gasteiger partial charge < -0.3 is 9.84 Å². The summed E-state index contributed by atoms with van der Waals surface area (Å²) in [4.78, 5) is 17.5. The predicted octanol–water partition coefficient (Wildman–Crippen LogP) is 2.42. The van der Waals surface area contributed by atoms with Gasteiger partial charge >= 0.3 is 5.97 Å². The maximum Gasteiger partial charge on any atom is 0.339 e. The fourth-order valence-electron chi connectivity index (χ4n) is 2.15. The summed E-state index contributed by atoms with van der Waals surface area (Å²) in [5.41, 5.74) is 2.16. The zero-order chi connectivity index (χ0) is 15.2. The number of aromatic nitrogens is 1. The molecule has 1 aromatic heterocycles. The first-order chi connectivity index (χ1) is 10.1. The number of nitrogens with zero attached hydrogens (tertiary/aromatic N) is 2. The Hall–Kier alpha value is -2.40. The quantitative estimate of drug-likeness (QED) is 0.883. The van der Waals surface area contributed by atoms with Crippen molar-refractivity contribution in [2.45, 2.75) is 13.1 Å². The third-order valence-electron chi connectivity index (χ3n) is 3.11. The number of hydrogen-bond donors (Lipinski definition) is 1. The Balaban J connectivity index is 2.07. The fourth-order valence-corrected chi connectivity index (χ4v) is 2.15. The molecule has 0 atom stereocenters. The largest absolute Gasteiger partial charge is 0.496 e. The van der Waals surface area contributed by atoms with E-state index in [4.69, 9.17) is 9.84 Å². The Morgan fingerprint density at radius 3 is 2.71 bits per heavy atom. The van der Waals surface area contributed by atoms with Crippen molar-refractivity contribution in [1.82, 2.24) is 9.88 Å². The highest BCUT2D eigenvalue weighted by Crippen LogP contribution is 2.21. The fraction of sp³-hybridized carbons (Fsp3) is 0.250. The average molecular weight is 286 g/mol. The van der Waals surface area contributed by atoms with Crippen molar-refractivity contribution in [3.05, 3.63) is 59.4 Å². The molecule has 0 aliphatic rings. The van der Waals surface area contributed by atoms with Crippen molar-refractivity contribution in [3.8, 4) is 5.75 Å². The van der Waals surface area contributed by atoms with Crippen LogP contribution in [0.25, 0.3) is 0 Å². The van der Waals surface area contributed by atoms with Crippen LogP contribution in [0.15, 0.2) is 42.6 Å². The molecule has 5 nitrogen and oxygen atoms in total. The van der Waals surface area contributed by atoms with Gasteiger partial charge in [0.25, 0.3) is 0 Å². The molecule has 0 aliphatic carbocycles. The van der Waals surface area contributed by atoms with Crippen LogP contribution < -0.4 is 4.74 Å². The summed E-state index contributed by atoms with van der Waals surface area (Å²) in [5.74, 6) is -0.605. The minimum atomic E-state index is -0.986. The molecule has 2 aromatic rings. The second-order valence-electron chi connectivity index (χ2n) is 4.83. The van der Waals surface area contributed by atoms with E-state index < -0.39 is 5.97 Å². The van der Waals surface area contributed by atoms with E-state index >= 15 is 0 Å². The highest BCUT2D eigenvalue weighted by molar-refractivity contribution is 5.90. The van der Waals surface area contributed by atoms with Crippen molar-refractivity contribution >= 4 is 5.97 Å². The molecule has 0 saturated carbocycles. The number of carbonyl (C=O) groups is 1. The number of carboxylic acids is 1. The number of pyridine rings is 1. The summed E-state index contributed by atoms with van der Waals surface area (Å²) >= 11 is 0. The van der Waals surface area contributed by atoms with Gasteiger partial charge in [-0.1, -0.05) is 12.1 Å². The zero-order valence-corrected chi connectivity index (χ0v) is 12.1. The van der Waals surface area contributed by atoms with Crippen LogP contribution in [0.1, 0.15) is 21.6 Å². The lowest BCUT2D eigenvalue weighted by molar-refractivity contribution is 0.0693. The van der Waals surface area contributed by atoms with E-state index in [0.29, 0.717) is 12.3 Å². The van der Waals surface area contributed by atoms with Gasteiger partial charge in [0.1, 0.15) is 11.3 Å².